The minimum Gasteiger partial charge on any atom is -0.744 e. The summed E-state index contributed by atoms with van der Waals surface area (Å²) in [6.45, 7) is 0. The van der Waals surface area contributed by atoms with Crippen LogP contribution in [0.15, 0.2) is 109 Å². The van der Waals surface area contributed by atoms with Gasteiger partial charge in [-0.1, -0.05) is 42.5 Å². The predicted octanol–water partition coefficient (Wildman–Crippen LogP) is -7.60. The van der Waals surface area contributed by atoms with Gasteiger partial charge >= 0.3 is 118 Å². The summed E-state index contributed by atoms with van der Waals surface area (Å²) in [5, 5.41) is 38.1. The molecule has 0 bridgehead atoms. The van der Waals surface area contributed by atoms with E-state index in [2.05, 4.69) is 45.2 Å². The Labute approximate surface area is 426 Å². The molecule has 0 saturated heterocycles. The van der Waals surface area contributed by atoms with Crippen molar-refractivity contribution in [2.24, 2.45) is 10.2 Å². The van der Waals surface area contributed by atoms with Gasteiger partial charge in [-0.15, -0.1) is 10.2 Å². The second-order valence-corrected chi connectivity index (χ2v) is 15.7. The van der Waals surface area contributed by atoms with Gasteiger partial charge in [0.25, 0.3) is 0 Å². The number of para-hydroxylation sites is 1. The van der Waals surface area contributed by atoms with Crippen LogP contribution in [0.1, 0.15) is 0 Å². The molecule has 5 aromatic carbocycles. The number of nitrogens with zero attached hydrogens (tertiary/aromatic N) is 5. The smallest absolute Gasteiger partial charge is 0.744 e. The van der Waals surface area contributed by atoms with Crippen LogP contribution < -0.4 is 134 Å². The summed E-state index contributed by atoms with van der Waals surface area (Å²) in [6.07, 6.45) is 0. The van der Waals surface area contributed by atoms with Gasteiger partial charge in [0.05, 0.1) is 43.0 Å². The van der Waals surface area contributed by atoms with E-state index in [1.54, 1.807) is 12.1 Å². The van der Waals surface area contributed by atoms with Gasteiger partial charge in [0.1, 0.15) is 41.7 Å². The van der Waals surface area contributed by atoms with Crippen LogP contribution in [0.25, 0.3) is 21.5 Å². The minimum absolute atomic E-state index is 0. The molecule has 1 heterocycles. The summed E-state index contributed by atoms with van der Waals surface area (Å²) in [5.41, 5.74) is -1.62. The molecule has 0 unspecified atom stereocenters. The number of fused-ring (bicyclic) bond motifs is 2. The van der Waals surface area contributed by atoms with Crippen LogP contribution >= 0.6 is 23.6 Å². The summed E-state index contributed by atoms with van der Waals surface area (Å²) >= 11 is 6.23. The Morgan fingerprint density at radius 1 is 0.707 bits per heavy atom. The summed E-state index contributed by atoms with van der Waals surface area (Å²) in [7, 11) is -15.3. The second kappa shape index (κ2) is 21.8. The minimum atomic E-state index is -5.21. The Hall–Kier alpha value is -1.12. The zero-order valence-electron chi connectivity index (χ0n) is 30.1. The Balaban J connectivity index is 0.00000290. The van der Waals surface area contributed by atoms with Crippen LogP contribution in [0.3, 0.4) is 0 Å². The molecular formula is C29H16ClN7Na4O13S4. The molecule has 58 heavy (non-hydrogen) atoms. The quantitative estimate of drug-likeness (QED) is 0.0256. The SMILES string of the molecule is O=S(=O)([O-])c1cc(Nc2nc(Cl)nc(Nc3ccccc3S(=O)(=O)[O-])n2)c2c(O)c(N=Nc3ccc4ccccc4c3S(=O)(=O)[O-])c(SOO[O-])cc2c1.[Na+].[Na+].[Na+].[Na+]. The maximum Gasteiger partial charge on any atom is 1.00 e. The first-order valence-corrected chi connectivity index (χ1v) is 19.6. The number of rotatable bonds is 12. The van der Waals surface area contributed by atoms with E-state index in [1.807, 2.05) is 0 Å². The number of phenols is 1. The van der Waals surface area contributed by atoms with Crippen LogP contribution in [0.4, 0.5) is 34.6 Å². The fourth-order valence-corrected chi connectivity index (χ4v) is 7.72. The molecule has 280 valence electrons. The summed E-state index contributed by atoms with van der Waals surface area (Å²) < 4.78 is 113. The van der Waals surface area contributed by atoms with Crippen molar-refractivity contribution in [2.75, 3.05) is 10.6 Å². The van der Waals surface area contributed by atoms with Crippen molar-refractivity contribution >= 4 is 110 Å². The third kappa shape index (κ3) is 12.5. The normalized spacial score (nSPS) is 11.6. The van der Waals surface area contributed by atoms with Crippen molar-refractivity contribution in [3.8, 4) is 5.75 Å². The zero-order valence-corrected chi connectivity index (χ0v) is 42.1. The molecule has 0 saturated carbocycles. The van der Waals surface area contributed by atoms with Gasteiger partial charge in [0.2, 0.25) is 17.2 Å². The van der Waals surface area contributed by atoms with Crippen molar-refractivity contribution in [3.63, 3.8) is 0 Å². The number of halogens is 1. The van der Waals surface area contributed by atoms with Gasteiger partial charge in [-0.2, -0.15) is 19.3 Å². The second-order valence-electron chi connectivity index (χ2n) is 10.6. The molecule has 0 amide bonds. The number of hydrogen-bond acceptors (Lipinski definition) is 21. The van der Waals surface area contributed by atoms with Crippen LogP contribution in [-0.4, -0.2) is 59.0 Å². The van der Waals surface area contributed by atoms with E-state index in [0.29, 0.717) is 5.39 Å². The summed E-state index contributed by atoms with van der Waals surface area (Å²) in [5.74, 6) is -1.74. The van der Waals surface area contributed by atoms with E-state index in [0.717, 1.165) is 24.3 Å². The Morgan fingerprint density at radius 2 is 1.33 bits per heavy atom. The molecule has 6 rings (SSSR count). The van der Waals surface area contributed by atoms with Crippen LogP contribution in [0.2, 0.25) is 5.28 Å². The topological polar surface area (TPSA) is 321 Å². The Bertz CT molecular complexity index is 2870. The van der Waals surface area contributed by atoms with E-state index in [1.165, 1.54) is 42.5 Å². The number of phenolic OH excluding ortho intramolecular Hbond substituents is 1. The average Bonchev–Trinajstić information content (AvgIpc) is 3.08. The number of aromatic nitrogens is 3. The van der Waals surface area contributed by atoms with E-state index >= 15 is 0 Å². The molecule has 20 nitrogen and oxygen atoms in total. The molecule has 0 radical (unpaired) electrons. The number of anilines is 4. The first kappa shape index (κ1) is 53.0. The largest absolute Gasteiger partial charge is 1.00 e. The third-order valence-corrected chi connectivity index (χ3v) is 10.6. The number of benzene rings is 5. The average molecular weight is 926 g/mol. The maximum atomic E-state index is 12.3. The summed E-state index contributed by atoms with van der Waals surface area (Å²) in [4.78, 5) is 9.23. The van der Waals surface area contributed by atoms with Crippen LogP contribution in [-0.2, 0) is 39.7 Å². The number of aromatic hydroxyl groups is 1. The molecule has 29 heteroatoms. The standard InChI is InChI=1S/C29H20ClN7O13S4.4Na/c30-27-33-28(31-18-7-3-4-8-22(18)53(43,44)45)35-29(34-27)32-20-13-16(52(40,41)42)11-15-12-21(51-50-49-39)24(25(38)23(15)20)37-36-19-10-9-14-5-1-2-6-17(14)26(19)54(46,47)48;;;;/h1-13,38-39H,(H,40,41,42)(H,43,44,45)(H,46,47,48)(H2,31,32,33,34,35);;;;/q;4*+1/p-4. The Kier molecular flexibility index (Phi) is 19.9. The first-order chi connectivity index (χ1) is 25.4. The fraction of sp³-hybridized carbons (Fsp3) is 0. The molecule has 1 aromatic heterocycles. The van der Waals surface area contributed by atoms with Crippen LogP contribution in [0.5, 0.6) is 5.75 Å². The molecule has 0 fully saturated rings. The van der Waals surface area contributed by atoms with E-state index in [-0.39, 0.29) is 157 Å². The molecular weight excluding hydrogens is 910 g/mol. The molecule has 0 atom stereocenters. The van der Waals surface area contributed by atoms with E-state index in [9.17, 15) is 49.3 Å². The van der Waals surface area contributed by atoms with Crippen molar-refractivity contribution in [1.82, 2.24) is 15.0 Å². The molecule has 0 aliphatic carbocycles. The fourth-order valence-electron chi connectivity index (χ4n) is 5.08. The van der Waals surface area contributed by atoms with Crippen molar-refractivity contribution in [2.45, 2.75) is 19.6 Å². The molecule has 3 N–H and O–H groups in total. The Morgan fingerprint density at radius 3 is 1.95 bits per heavy atom. The summed E-state index contributed by atoms with van der Waals surface area (Å²) in [6, 6.07) is 16.3. The van der Waals surface area contributed by atoms with Crippen LogP contribution in [0, 0.1) is 0 Å². The molecule has 0 spiro atoms. The number of azo groups is 1. The van der Waals surface area contributed by atoms with Gasteiger partial charge in [-0.3, -0.25) is 5.04 Å². The molecule has 6 aromatic rings. The maximum absolute atomic E-state index is 12.3. The number of hydrogen-bond donors (Lipinski definition) is 3. The zero-order chi connectivity index (χ0) is 39.0. The first-order valence-electron chi connectivity index (χ1n) is 14.3. The van der Waals surface area contributed by atoms with Gasteiger partial charge < -0.3 is 34.7 Å². The third-order valence-electron chi connectivity index (χ3n) is 7.19. The van der Waals surface area contributed by atoms with Gasteiger partial charge in [-0.25, -0.2) is 25.3 Å². The van der Waals surface area contributed by atoms with Gasteiger partial charge in [0, 0.05) is 10.8 Å². The molecule has 0 aliphatic rings. The van der Waals surface area contributed by atoms with Gasteiger partial charge in [-0.05, 0) is 58.8 Å². The molecule has 0 aliphatic heterocycles. The predicted molar refractivity (Wildman–Crippen MR) is 183 cm³/mol. The van der Waals surface area contributed by atoms with E-state index < -0.39 is 85.0 Å². The van der Waals surface area contributed by atoms with Crippen molar-refractivity contribution in [3.05, 3.63) is 84.1 Å². The van der Waals surface area contributed by atoms with Crippen molar-refractivity contribution in [1.29, 1.82) is 0 Å². The van der Waals surface area contributed by atoms with E-state index in [4.69, 9.17) is 11.6 Å². The van der Waals surface area contributed by atoms with Crippen molar-refractivity contribution < 1.29 is 177 Å². The van der Waals surface area contributed by atoms with Gasteiger partial charge in [0.15, 0.2) is 5.75 Å². The monoisotopic (exact) mass is 925 g/mol. The number of nitrogens with one attached hydrogen (secondary N) is 2.